The van der Waals surface area contributed by atoms with Gasteiger partial charge in [-0.3, -0.25) is 0 Å². The van der Waals surface area contributed by atoms with Crippen molar-refractivity contribution in [2.24, 2.45) is 23.7 Å². The second-order valence-corrected chi connectivity index (χ2v) is 17.7. The number of para-hydroxylation sites is 1. The fraction of sp³-hybridized carbons (Fsp3) is 0.375. The molecule has 0 unspecified atom stereocenters. The molecule has 6 aliphatic carbocycles. The van der Waals surface area contributed by atoms with Gasteiger partial charge >= 0.3 is 0 Å². The molecule has 0 heterocycles. The highest BCUT2D eigenvalue weighted by Gasteiger charge is 2.62. The van der Waals surface area contributed by atoms with E-state index in [1.165, 1.54) is 95.4 Å². The molecule has 4 bridgehead atoms. The summed E-state index contributed by atoms with van der Waals surface area (Å²) in [6, 6.07) is 44.6. The summed E-state index contributed by atoms with van der Waals surface area (Å²) in [7, 11) is 0. The van der Waals surface area contributed by atoms with Gasteiger partial charge in [-0.1, -0.05) is 107 Å². The quantitative estimate of drug-likeness (QED) is 0.189. The molecular weight excluding hydrogens is 591 g/mol. The highest BCUT2D eigenvalue weighted by molar-refractivity contribution is 5.91. The molecule has 0 aromatic heterocycles. The van der Waals surface area contributed by atoms with Crippen LogP contribution in [-0.2, 0) is 16.2 Å². The number of fused-ring (bicyclic) bond motifs is 4. The summed E-state index contributed by atoms with van der Waals surface area (Å²) in [6.45, 7) is 9.76. The van der Waals surface area contributed by atoms with Gasteiger partial charge in [0, 0.05) is 22.5 Å². The van der Waals surface area contributed by atoms with Crippen LogP contribution in [0.1, 0.15) is 94.9 Å². The molecule has 4 saturated carbocycles. The normalized spacial score (nSPS) is 27.8. The van der Waals surface area contributed by atoms with Crippen LogP contribution in [-0.4, -0.2) is 0 Å². The summed E-state index contributed by atoms with van der Waals surface area (Å²) in [4.78, 5) is 2.56. The lowest BCUT2D eigenvalue weighted by Gasteiger charge is -2.61. The highest BCUT2D eigenvalue weighted by atomic mass is 15.1. The van der Waals surface area contributed by atoms with Crippen LogP contribution in [0.3, 0.4) is 0 Å². The average Bonchev–Trinajstić information content (AvgIpc) is 3.40. The van der Waals surface area contributed by atoms with E-state index < -0.39 is 0 Å². The highest BCUT2D eigenvalue weighted by Crippen LogP contribution is 2.70. The molecule has 11 rings (SSSR count). The summed E-state index contributed by atoms with van der Waals surface area (Å²) in [5.74, 6) is 3.25. The van der Waals surface area contributed by atoms with Crippen molar-refractivity contribution in [1.29, 1.82) is 0 Å². The Morgan fingerprint density at radius 3 is 1.71 bits per heavy atom. The van der Waals surface area contributed by atoms with E-state index in [0.29, 0.717) is 11.8 Å². The van der Waals surface area contributed by atoms with E-state index >= 15 is 0 Å². The first-order valence-electron chi connectivity index (χ1n) is 19.1. The van der Waals surface area contributed by atoms with Crippen molar-refractivity contribution < 1.29 is 0 Å². The van der Waals surface area contributed by atoms with Gasteiger partial charge in [0.1, 0.15) is 0 Å². The van der Waals surface area contributed by atoms with Crippen molar-refractivity contribution in [2.75, 3.05) is 4.90 Å². The molecule has 49 heavy (non-hydrogen) atoms. The smallest absolute Gasteiger partial charge is 0.0465 e. The van der Waals surface area contributed by atoms with Gasteiger partial charge in [0.05, 0.1) is 0 Å². The Morgan fingerprint density at radius 2 is 1.04 bits per heavy atom. The first kappa shape index (κ1) is 29.8. The Bertz CT molecular complexity index is 2060. The minimum absolute atomic E-state index is 0.0742. The Hall–Kier alpha value is -4.10. The van der Waals surface area contributed by atoms with Gasteiger partial charge in [-0.2, -0.15) is 0 Å². The number of hydrogen-bond donors (Lipinski definition) is 0. The third-order valence-corrected chi connectivity index (χ3v) is 14.1. The van der Waals surface area contributed by atoms with Gasteiger partial charge in [0.15, 0.2) is 0 Å². The Balaban J connectivity index is 1.20. The maximum Gasteiger partial charge on any atom is 0.0465 e. The summed E-state index contributed by atoms with van der Waals surface area (Å²) < 4.78 is 0. The van der Waals surface area contributed by atoms with E-state index in [9.17, 15) is 0 Å². The molecule has 1 heteroatoms. The molecule has 0 saturated heterocycles. The first-order chi connectivity index (χ1) is 23.7. The predicted octanol–water partition coefficient (Wildman–Crippen LogP) is 12.9. The topological polar surface area (TPSA) is 3.24 Å². The zero-order valence-electron chi connectivity index (χ0n) is 29.7. The molecule has 0 aliphatic heterocycles. The van der Waals surface area contributed by atoms with Crippen LogP contribution in [0, 0.1) is 23.7 Å². The van der Waals surface area contributed by atoms with E-state index in [4.69, 9.17) is 0 Å². The van der Waals surface area contributed by atoms with Crippen molar-refractivity contribution in [3.8, 4) is 22.3 Å². The van der Waals surface area contributed by atoms with Gasteiger partial charge in [0.25, 0.3) is 0 Å². The largest absolute Gasteiger partial charge is 0.310 e. The molecule has 0 radical (unpaired) electrons. The zero-order chi connectivity index (χ0) is 33.1. The molecule has 5 aromatic rings. The Kier molecular flexibility index (Phi) is 6.36. The number of hydrogen-bond acceptors (Lipinski definition) is 1. The lowest BCUT2D eigenvalue weighted by molar-refractivity contribution is -0.0397. The molecule has 1 spiro atoms. The van der Waals surface area contributed by atoms with Crippen LogP contribution in [0.25, 0.3) is 22.3 Å². The zero-order valence-corrected chi connectivity index (χ0v) is 29.7. The molecule has 0 atom stereocenters. The molecule has 5 aromatic carbocycles. The van der Waals surface area contributed by atoms with E-state index in [-0.39, 0.29) is 16.2 Å². The molecule has 246 valence electrons. The fourth-order valence-corrected chi connectivity index (χ4v) is 12.0. The fourth-order valence-electron chi connectivity index (χ4n) is 12.0. The van der Waals surface area contributed by atoms with Gasteiger partial charge in [-0.15, -0.1) is 0 Å². The Labute approximate surface area is 293 Å². The standard InChI is InChI=1S/C48H49N/c1-46(2)22-23-47(3,4)44-30-38(19-21-42(44)46)49(36-14-9-6-10-15-36)37-18-20-40-41-17-11-16-39(33-12-7-5-8-13-33)45(41)48(43(40)29-37)34-25-31-24-32(27-34)28-35(48)26-31/h5-21,29-32,34-35H,22-28H2,1-4H3. The second kappa shape index (κ2) is 10.5. The number of nitrogens with zero attached hydrogens (tertiary/aromatic N) is 1. The van der Waals surface area contributed by atoms with Crippen LogP contribution in [0.4, 0.5) is 17.1 Å². The Morgan fingerprint density at radius 1 is 0.469 bits per heavy atom. The van der Waals surface area contributed by atoms with Crippen molar-refractivity contribution in [1.82, 2.24) is 0 Å². The average molecular weight is 640 g/mol. The molecule has 6 aliphatic rings. The monoisotopic (exact) mass is 639 g/mol. The second-order valence-electron chi connectivity index (χ2n) is 17.7. The van der Waals surface area contributed by atoms with Crippen molar-refractivity contribution in [2.45, 2.75) is 88.9 Å². The van der Waals surface area contributed by atoms with Crippen molar-refractivity contribution in [3.63, 3.8) is 0 Å². The van der Waals surface area contributed by atoms with Crippen molar-refractivity contribution in [3.05, 3.63) is 138 Å². The summed E-state index contributed by atoms with van der Waals surface area (Å²) >= 11 is 0. The van der Waals surface area contributed by atoms with Gasteiger partial charge < -0.3 is 4.90 Å². The summed E-state index contributed by atoms with van der Waals surface area (Å²) in [5.41, 5.74) is 16.3. The van der Waals surface area contributed by atoms with Crippen LogP contribution in [0.15, 0.2) is 115 Å². The number of rotatable bonds is 4. The third kappa shape index (κ3) is 4.24. The first-order valence-corrected chi connectivity index (χ1v) is 19.1. The van der Waals surface area contributed by atoms with E-state index in [1.54, 1.807) is 11.1 Å². The lowest BCUT2D eigenvalue weighted by Crippen LogP contribution is -2.55. The molecule has 4 fully saturated rings. The van der Waals surface area contributed by atoms with Gasteiger partial charge in [-0.05, 0) is 160 Å². The minimum atomic E-state index is 0.0742. The van der Waals surface area contributed by atoms with E-state index in [2.05, 4.69) is 148 Å². The predicted molar refractivity (Wildman–Crippen MR) is 205 cm³/mol. The van der Waals surface area contributed by atoms with Crippen LogP contribution in [0.5, 0.6) is 0 Å². The molecule has 0 N–H and O–H groups in total. The SMILES string of the molecule is CC1(C)CCC(C)(C)c2cc(N(c3ccccc3)c3ccc4c(c3)C3(c5c(-c6ccccc6)cccc5-4)C4CC5CC(C4)CC3C5)ccc21. The van der Waals surface area contributed by atoms with E-state index in [1.807, 2.05) is 0 Å². The van der Waals surface area contributed by atoms with E-state index in [0.717, 1.165) is 11.8 Å². The van der Waals surface area contributed by atoms with Gasteiger partial charge in [-0.25, -0.2) is 0 Å². The summed E-state index contributed by atoms with van der Waals surface area (Å²) in [5, 5.41) is 0. The third-order valence-electron chi connectivity index (χ3n) is 14.1. The van der Waals surface area contributed by atoms with Gasteiger partial charge in [0.2, 0.25) is 0 Å². The minimum Gasteiger partial charge on any atom is -0.310 e. The molecule has 1 nitrogen and oxygen atoms in total. The summed E-state index contributed by atoms with van der Waals surface area (Å²) in [6.07, 6.45) is 9.47. The van der Waals surface area contributed by atoms with Crippen LogP contribution in [0.2, 0.25) is 0 Å². The maximum atomic E-state index is 2.66. The van der Waals surface area contributed by atoms with Crippen LogP contribution < -0.4 is 4.90 Å². The van der Waals surface area contributed by atoms with Crippen molar-refractivity contribution >= 4 is 17.1 Å². The number of anilines is 3. The lowest BCUT2D eigenvalue weighted by atomic mass is 9.42. The maximum absolute atomic E-state index is 2.66. The van der Waals surface area contributed by atoms with Crippen LogP contribution >= 0.6 is 0 Å². The number of benzene rings is 5. The molecular formula is C48H49N. The molecule has 0 amide bonds.